The van der Waals surface area contributed by atoms with Crippen molar-refractivity contribution in [2.24, 2.45) is 11.8 Å². The van der Waals surface area contributed by atoms with Gasteiger partial charge in [0.25, 0.3) is 0 Å². The molecule has 6 nitrogen and oxygen atoms in total. The van der Waals surface area contributed by atoms with E-state index in [0.29, 0.717) is 24.0 Å². The second-order valence-electron chi connectivity index (χ2n) is 11.9. The van der Waals surface area contributed by atoms with Crippen molar-refractivity contribution in [3.63, 3.8) is 0 Å². The summed E-state index contributed by atoms with van der Waals surface area (Å²) in [6, 6.07) is 11.3. The summed E-state index contributed by atoms with van der Waals surface area (Å²) in [4.78, 5) is 17.3. The number of rotatable bonds is 4. The number of fused-ring (bicyclic) bond motifs is 5. The van der Waals surface area contributed by atoms with Crippen molar-refractivity contribution < 1.29 is 4.74 Å². The molecule has 0 N–H and O–H groups in total. The Morgan fingerprint density at radius 3 is 2.19 bits per heavy atom. The Hall–Kier alpha value is -2.47. The van der Waals surface area contributed by atoms with E-state index >= 15 is 0 Å². The highest BCUT2D eigenvalue weighted by atomic mass is 16.5. The van der Waals surface area contributed by atoms with Gasteiger partial charge in [-0.3, -0.25) is 4.90 Å². The summed E-state index contributed by atoms with van der Waals surface area (Å²) in [5.74, 6) is 3.45. The average molecular weight is 486 g/mol. The quantitative estimate of drug-likeness (QED) is 0.427. The first-order chi connectivity index (χ1) is 17.8. The number of hydrogen-bond acceptors (Lipinski definition) is 5. The van der Waals surface area contributed by atoms with Gasteiger partial charge in [0.1, 0.15) is 5.69 Å². The van der Waals surface area contributed by atoms with Crippen molar-refractivity contribution in [1.82, 2.24) is 24.4 Å². The number of aromatic nitrogens is 4. The molecule has 1 aromatic carbocycles. The highest BCUT2D eigenvalue weighted by Crippen LogP contribution is 2.47. The fourth-order valence-electron chi connectivity index (χ4n) is 8.44. The summed E-state index contributed by atoms with van der Waals surface area (Å²) < 4.78 is 7.77. The van der Waals surface area contributed by atoms with Gasteiger partial charge in [-0.2, -0.15) is 0 Å². The molecule has 2 saturated carbocycles. The topological polar surface area (TPSA) is 56.1 Å². The number of ether oxygens (including phenoxy) is 1. The number of hydrogen-bond donors (Lipinski definition) is 0. The Morgan fingerprint density at radius 1 is 0.750 bits per heavy atom. The zero-order valence-electron chi connectivity index (χ0n) is 21.6. The third-order valence-electron chi connectivity index (χ3n) is 9.81. The van der Waals surface area contributed by atoms with Crippen LogP contribution in [0.25, 0.3) is 22.6 Å². The zero-order chi connectivity index (χ0) is 24.1. The van der Waals surface area contributed by atoms with Crippen LogP contribution in [-0.4, -0.2) is 49.7 Å². The Kier molecular flexibility index (Phi) is 5.95. The lowest BCUT2D eigenvalue weighted by Crippen LogP contribution is -2.58. The average Bonchev–Trinajstić information content (AvgIpc) is 3.21. The van der Waals surface area contributed by atoms with E-state index in [1.807, 2.05) is 6.20 Å². The third-order valence-corrected chi connectivity index (χ3v) is 9.81. The van der Waals surface area contributed by atoms with Crippen molar-refractivity contribution in [2.75, 3.05) is 7.11 Å². The molecule has 190 valence electrons. The highest BCUT2D eigenvalue weighted by Gasteiger charge is 2.45. The Morgan fingerprint density at radius 2 is 1.50 bits per heavy atom. The molecule has 2 aliphatic heterocycles. The molecule has 2 saturated heterocycles. The standard InChI is InChI=1S/C30H39N5O/c1-36-29-19-31-27(18-32-29)30-33-26-11-4-5-12-28(26)35(30)25-16-22-9-6-10-23(17-25)34(22)24-14-20-7-2-3-8-21(13-20)15-24/h4-5,11-12,18-25H,2-3,6-10,13-17H2,1H3/t20-,21+,22-,23+,24-,25+. The van der Waals surface area contributed by atoms with Crippen LogP contribution < -0.4 is 4.74 Å². The number of nitrogens with zero attached hydrogens (tertiary/aromatic N) is 5. The Labute approximate surface area is 214 Å². The molecular weight excluding hydrogens is 446 g/mol. The van der Waals surface area contributed by atoms with Crippen LogP contribution in [0.1, 0.15) is 83.1 Å². The maximum absolute atomic E-state index is 5.26. The van der Waals surface area contributed by atoms with Crippen molar-refractivity contribution >= 4 is 11.0 Å². The molecular formula is C30H39N5O. The molecule has 0 amide bonds. The predicted molar refractivity (Wildman–Crippen MR) is 142 cm³/mol. The molecule has 4 aliphatic rings. The van der Waals surface area contributed by atoms with Crippen LogP contribution in [-0.2, 0) is 0 Å². The van der Waals surface area contributed by atoms with E-state index in [0.717, 1.165) is 34.9 Å². The summed E-state index contributed by atoms with van der Waals surface area (Å²) in [5.41, 5.74) is 3.11. The maximum atomic E-state index is 5.26. The number of imidazole rings is 1. The van der Waals surface area contributed by atoms with Crippen molar-refractivity contribution in [3.8, 4) is 17.4 Å². The van der Waals surface area contributed by atoms with Gasteiger partial charge in [0.2, 0.25) is 5.88 Å². The molecule has 36 heavy (non-hydrogen) atoms. The molecule has 2 aromatic heterocycles. The monoisotopic (exact) mass is 485 g/mol. The minimum absolute atomic E-state index is 0.453. The minimum Gasteiger partial charge on any atom is -0.480 e. The van der Waals surface area contributed by atoms with Gasteiger partial charge >= 0.3 is 0 Å². The molecule has 0 spiro atoms. The maximum Gasteiger partial charge on any atom is 0.232 e. The van der Waals surface area contributed by atoms with E-state index < -0.39 is 0 Å². The zero-order valence-corrected chi connectivity index (χ0v) is 21.6. The molecule has 0 unspecified atom stereocenters. The van der Waals surface area contributed by atoms with Crippen LogP contribution in [0.4, 0.5) is 0 Å². The van der Waals surface area contributed by atoms with E-state index in [1.54, 1.807) is 13.3 Å². The molecule has 0 radical (unpaired) electrons. The van der Waals surface area contributed by atoms with Crippen molar-refractivity contribution in [2.45, 2.75) is 101 Å². The third kappa shape index (κ3) is 4.02. The lowest BCUT2D eigenvalue weighted by molar-refractivity contribution is -0.0415. The molecule has 2 aliphatic carbocycles. The largest absolute Gasteiger partial charge is 0.480 e. The molecule has 6 atom stereocenters. The Balaban J connectivity index is 1.22. The fourth-order valence-corrected chi connectivity index (χ4v) is 8.44. The lowest BCUT2D eigenvalue weighted by Gasteiger charge is -2.54. The summed E-state index contributed by atoms with van der Waals surface area (Å²) >= 11 is 0. The molecule has 4 bridgehead atoms. The number of benzene rings is 1. The Bertz CT molecular complexity index is 1180. The summed E-state index contributed by atoms with van der Waals surface area (Å²) in [6.45, 7) is 0. The number of methoxy groups -OCH3 is 1. The SMILES string of the molecule is COc1cnc(-c2nc3ccccc3n2[C@H]2C[C@H]3CCC[C@@H](C2)N3[C@@H]2C[C@@H]3CCCC[C@@H](C3)C2)cn1. The highest BCUT2D eigenvalue weighted by molar-refractivity contribution is 5.80. The van der Waals surface area contributed by atoms with E-state index in [2.05, 4.69) is 38.7 Å². The first-order valence-corrected chi connectivity index (χ1v) is 14.4. The van der Waals surface area contributed by atoms with Crippen LogP contribution >= 0.6 is 0 Å². The van der Waals surface area contributed by atoms with Gasteiger partial charge in [-0.1, -0.05) is 44.2 Å². The van der Waals surface area contributed by atoms with Gasteiger partial charge in [0.05, 0.1) is 30.5 Å². The van der Waals surface area contributed by atoms with E-state index in [9.17, 15) is 0 Å². The van der Waals surface area contributed by atoms with Gasteiger partial charge in [0, 0.05) is 24.2 Å². The molecule has 4 fully saturated rings. The van der Waals surface area contributed by atoms with Gasteiger partial charge in [-0.25, -0.2) is 15.0 Å². The van der Waals surface area contributed by atoms with E-state index in [4.69, 9.17) is 14.7 Å². The second kappa shape index (κ2) is 9.44. The smallest absolute Gasteiger partial charge is 0.232 e. The van der Waals surface area contributed by atoms with Crippen molar-refractivity contribution in [1.29, 1.82) is 0 Å². The van der Waals surface area contributed by atoms with Crippen LogP contribution in [0.3, 0.4) is 0 Å². The van der Waals surface area contributed by atoms with Crippen LogP contribution in [0.2, 0.25) is 0 Å². The van der Waals surface area contributed by atoms with Gasteiger partial charge in [0.15, 0.2) is 5.82 Å². The van der Waals surface area contributed by atoms with Gasteiger partial charge in [-0.15, -0.1) is 0 Å². The van der Waals surface area contributed by atoms with Crippen LogP contribution in [0.15, 0.2) is 36.7 Å². The number of para-hydroxylation sites is 2. The fraction of sp³-hybridized carbons (Fsp3) is 0.633. The van der Waals surface area contributed by atoms with E-state index in [1.165, 1.54) is 82.6 Å². The van der Waals surface area contributed by atoms with E-state index in [-0.39, 0.29) is 0 Å². The minimum atomic E-state index is 0.453. The van der Waals surface area contributed by atoms with Gasteiger partial charge < -0.3 is 9.30 Å². The van der Waals surface area contributed by atoms with Crippen LogP contribution in [0.5, 0.6) is 5.88 Å². The number of piperidine rings is 2. The van der Waals surface area contributed by atoms with Crippen molar-refractivity contribution in [3.05, 3.63) is 36.7 Å². The first-order valence-electron chi connectivity index (χ1n) is 14.4. The van der Waals surface area contributed by atoms with Crippen LogP contribution in [0, 0.1) is 11.8 Å². The summed E-state index contributed by atoms with van der Waals surface area (Å²) in [7, 11) is 1.63. The molecule has 6 heteroatoms. The van der Waals surface area contributed by atoms with Gasteiger partial charge in [-0.05, 0) is 68.9 Å². The molecule has 4 heterocycles. The first kappa shape index (κ1) is 22.7. The normalized spacial score (nSPS) is 32.8. The lowest BCUT2D eigenvalue weighted by atomic mass is 9.73. The predicted octanol–water partition coefficient (Wildman–Crippen LogP) is 6.42. The summed E-state index contributed by atoms with van der Waals surface area (Å²) in [5, 5.41) is 0. The molecule has 7 rings (SSSR count). The second-order valence-corrected chi connectivity index (χ2v) is 11.9. The molecule has 3 aromatic rings. The summed E-state index contributed by atoms with van der Waals surface area (Å²) in [6.07, 6.45) is 20.4.